The molecule has 0 aliphatic carbocycles. The van der Waals surface area contributed by atoms with E-state index in [4.69, 9.17) is 0 Å². The fourth-order valence-corrected chi connectivity index (χ4v) is 2.13. The van der Waals surface area contributed by atoms with Crippen LogP contribution in [0, 0.1) is 6.92 Å². The molecule has 0 fully saturated rings. The van der Waals surface area contributed by atoms with Gasteiger partial charge in [-0.05, 0) is 18.9 Å². The summed E-state index contributed by atoms with van der Waals surface area (Å²) in [5.41, 5.74) is 2.53. The molecule has 3 heteroatoms. The van der Waals surface area contributed by atoms with Gasteiger partial charge in [-0.3, -0.25) is 4.79 Å². The van der Waals surface area contributed by atoms with Crippen molar-refractivity contribution in [3.8, 4) is 0 Å². The fraction of sp³-hybridized carbons (Fsp3) is 0.357. The Balaban J connectivity index is 2.16. The van der Waals surface area contributed by atoms with Crippen LogP contribution in [0.1, 0.15) is 17.5 Å². The smallest absolute Gasteiger partial charge is 0.230 e. The average Bonchev–Trinajstić information content (AvgIpc) is 2.32. The number of nitrogens with one attached hydrogen (secondary N) is 1. The summed E-state index contributed by atoms with van der Waals surface area (Å²) in [7, 11) is 0. The van der Waals surface area contributed by atoms with E-state index in [2.05, 4.69) is 43.1 Å². The van der Waals surface area contributed by atoms with Crippen molar-refractivity contribution in [1.29, 1.82) is 0 Å². The third kappa shape index (κ3) is 6.17. The molecule has 17 heavy (non-hydrogen) atoms. The highest BCUT2D eigenvalue weighted by atomic mass is 32.2. The van der Waals surface area contributed by atoms with Crippen molar-refractivity contribution in [2.45, 2.75) is 19.1 Å². The van der Waals surface area contributed by atoms with Gasteiger partial charge in [0, 0.05) is 12.3 Å². The Morgan fingerprint density at radius 3 is 2.76 bits per heavy atom. The molecule has 1 amide bonds. The molecule has 0 bridgehead atoms. The molecule has 0 unspecified atom stereocenters. The van der Waals surface area contributed by atoms with Gasteiger partial charge in [-0.1, -0.05) is 35.9 Å². The second-order valence-electron chi connectivity index (χ2n) is 3.91. The van der Waals surface area contributed by atoms with Gasteiger partial charge in [0.1, 0.15) is 0 Å². The first-order chi connectivity index (χ1) is 8.22. The summed E-state index contributed by atoms with van der Waals surface area (Å²) in [6, 6.07) is 8.41. The van der Waals surface area contributed by atoms with E-state index < -0.39 is 0 Å². The van der Waals surface area contributed by atoms with Crippen LogP contribution in [-0.2, 0) is 10.5 Å². The lowest BCUT2D eigenvalue weighted by atomic mass is 10.2. The summed E-state index contributed by atoms with van der Waals surface area (Å²) in [6.45, 7) is 6.37. The van der Waals surface area contributed by atoms with Crippen molar-refractivity contribution in [3.63, 3.8) is 0 Å². The molecular weight excluding hydrogens is 230 g/mol. The van der Waals surface area contributed by atoms with E-state index in [1.807, 2.05) is 0 Å². The lowest BCUT2D eigenvalue weighted by Crippen LogP contribution is -2.25. The van der Waals surface area contributed by atoms with E-state index >= 15 is 0 Å². The largest absolute Gasteiger partial charge is 0.355 e. The monoisotopic (exact) mass is 249 g/mol. The Labute approximate surface area is 107 Å². The van der Waals surface area contributed by atoms with Gasteiger partial charge < -0.3 is 5.32 Å². The third-order valence-corrected chi connectivity index (χ3v) is 3.30. The second-order valence-corrected chi connectivity index (χ2v) is 4.89. The molecule has 2 nitrogen and oxygen atoms in total. The van der Waals surface area contributed by atoms with Crippen molar-refractivity contribution in [3.05, 3.63) is 48.0 Å². The highest BCUT2D eigenvalue weighted by Crippen LogP contribution is 2.12. The lowest BCUT2D eigenvalue weighted by molar-refractivity contribution is -0.118. The molecule has 0 saturated heterocycles. The molecule has 0 aliphatic heterocycles. The first-order valence-corrected chi connectivity index (χ1v) is 6.88. The Bertz CT molecular complexity index is 359. The molecule has 0 atom stereocenters. The predicted molar refractivity (Wildman–Crippen MR) is 75.2 cm³/mol. The van der Waals surface area contributed by atoms with Crippen LogP contribution in [0.4, 0.5) is 0 Å². The van der Waals surface area contributed by atoms with Gasteiger partial charge in [0.2, 0.25) is 5.91 Å². The summed E-state index contributed by atoms with van der Waals surface area (Å²) < 4.78 is 0. The molecule has 0 aromatic heterocycles. The quantitative estimate of drug-likeness (QED) is 0.594. The van der Waals surface area contributed by atoms with E-state index in [-0.39, 0.29) is 5.91 Å². The van der Waals surface area contributed by atoms with E-state index in [0.717, 1.165) is 12.2 Å². The zero-order valence-corrected chi connectivity index (χ0v) is 11.1. The maximum absolute atomic E-state index is 11.4. The maximum Gasteiger partial charge on any atom is 0.230 e. The first kappa shape index (κ1) is 13.8. The van der Waals surface area contributed by atoms with Gasteiger partial charge in [-0.2, -0.15) is 0 Å². The normalized spacial score (nSPS) is 9.94. The highest BCUT2D eigenvalue weighted by molar-refractivity contribution is 7.99. The number of benzene rings is 1. The predicted octanol–water partition coefficient (Wildman–Crippen LogP) is 2.92. The van der Waals surface area contributed by atoms with Crippen LogP contribution in [0.3, 0.4) is 0 Å². The summed E-state index contributed by atoms with van der Waals surface area (Å²) in [4.78, 5) is 11.4. The molecule has 92 valence electrons. The number of thioether (sulfide) groups is 1. The number of carbonyl (C=O) groups is 1. The Kier molecular flexibility index (Phi) is 6.48. The first-order valence-electron chi connectivity index (χ1n) is 5.73. The Morgan fingerprint density at radius 1 is 1.41 bits per heavy atom. The molecule has 0 aliphatic rings. The van der Waals surface area contributed by atoms with Gasteiger partial charge in [0.25, 0.3) is 0 Å². The molecule has 1 aromatic carbocycles. The van der Waals surface area contributed by atoms with E-state index in [1.54, 1.807) is 17.8 Å². The molecule has 0 heterocycles. The van der Waals surface area contributed by atoms with Crippen LogP contribution in [0.5, 0.6) is 0 Å². The van der Waals surface area contributed by atoms with Gasteiger partial charge in [-0.15, -0.1) is 18.3 Å². The van der Waals surface area contributed by atoms with Crippen LogP contribution in [0.2, 0.25) is 0 Å². The fourth-order valence-electron chi connectivity index (χ4n) is 1.31. The summed E-state index contributed by atoms with van der Waals surface area (Å²) in [5, 5.41) is 2.85. The number of hydrogen-bond acceptors (Lipinski definition) is 2. The van der Waals surface area contributed by atoms with E-state index in [1.165, 1.54) is 11.1 Å². The van der Waals surface area contributed by atoms with Crippen LogP contribution in [0.25, 0.3) is 0 Å². The standard InChI is InChI=1S/C14H19NOS/c1-3-4-9-15-14(16)11-17-10-13-7-5-12(2)6-8-13/h3,5-8H,1,4,9-11H2,2H3,(H,15,16). The van der Waals surface area contributed by atoms with E-state index in [9.17, 15) is 4.79 Å². The minimum absolute atomic E-state index is 0.101. The Hall–Kier alpha value is -1.22. The SMILES string of the molecule is C=CCCNC(=O)CSCc1ccc(C)cc1. The molecular formula is C14H19NOS. The zero-order valence-electron chi connectivity index (χ0n) is 10.2. The number of rotatable bonds is 7. The summed E-state index contributed by atoms with van der Waals surface area (Å²) >= 11 is 1.64. The van der Waals surface area contributed by atoms with Crippen LogP contribution in [-0.4, -0.2) is 18.2 Å². The van der Waals surface area contributed by atoms with Gasteiger partial charge in [-0.25, -0.2) is 0 Å². The molecule has 0 saturated carbocycles. The molecule has 0 spiro atoms. The number of carbonyl (C=O) groups excluding carboxylic acids is 1. The molecule has 0 radical (unpaired) electrons. The average molecular weight is 249 g/mol. The highest BCUT2D eigenvalue weighted by Gasteiger charge is 2.00. The lowest BCUT2D eigenvalue weighted by Gasteiger charge is -2.04. The van der Waals surface area contributed by atoms with Gasteiger partial charge >= 0.3 is 0 Å². The summed E-state index contributed by atoms with van der Waals surface area (Å²) in [5.74, 6) is 1.50. The number of hydrogen-bond donors (Lipinski definition) is 1. The van der Waals surface area contributed by atoms with Gasteiger partial charge in [0.15, 0.2) is 0 Å². The van der Waals surface area contributed by atoms with Crippen molar-refractivity contribution in [1.82, 2.24) is 5.32 Å². The van der Waals surface area contributed by atoms with Crippen LogP contribution in [0.15, 0.2) is 36.9 Å². The van der Waals surface area contributed by atoms with Gasteiger partial charge in [0.05, 0.1) is 5.75 Å². The topological polar surface area (TPSA) is 29.1 Å². The van der Waals surface area contributed by atoms with Crippen molar-refractivity contribution >= 4 is 17.7 Å². The maximum atomic E-state index is 11.4. The van der Waals surface area contributed by atoms with E-state index in [0.29, 0.717) is 12.3 Å². The molecule has 1 aromatic rings. The molecule has 1 N–H and O–H groups in total. The van der Waals surface area contributed by atoms with Crippen molar-refractivity contribution in [2.75, 3.05) is 12.3 Å². The van der Waals surface area contributed by atoms with Crippen LogP contribution >= 0.6 is 11.8 Å². The molecule has 1 rings (SSSR count). The Morgan fingerprint density at radius 2 is 2.12 bits per heavy atom. The van der Waals surface area contributed by atoms with Crippen molar-refractivity contribution in [2.24, 2.45) is 0 Å². The number of aryl methyl sites for hydroxylation is 1. The van der Waals surface area contributed by atoms with Crippen molar-refractivity contribution < 1.29 is 4.79 Å². The van der Waals surface area contributed by atoms with Crippen LogP contribution < -0.4 is 5.32 Å². The minimum atomic E-state index is 0.101. The summed E-state index contributed by atoms with van der Waals surface area (Å²) in [6.07, 6.45) is 2.63. The second kappa shape index (κ2) is 7.96. The zero-order chi connectivity index (χ0) is 12.5. The minimum Gasteiger partial charge on any atom is -0.355 e. The third-order valence-electron chi connectivity index (χ3n) is 2.29. The number of amides is 1.